The second kappa shape index (κ2) is 10.7. The van der Waals surface area contributed by atoms with E-state index in [0.717, 1.165) is 22.5 Å². The van der Waals surface area contributed by atoms with E-state index in [4.69, 9.17) is 14.5 Å². The van der Waals surface area contributed by atoms with Crippen molar-refractivity contribution in [2.24, 2.45) is 0 Å². The summed E-state index contributed by atoms with van der Waals surface area (Å²) in [6, 6.07) is 17.4. The summed E-state index contributed by atoms with van der Waals surface area (Å²) >= 11 is 0. The maximum absolute atomic E-state index is 12.0. The molecule has 0 fully saturated rings. The molecule has 1 aromatic carbocycles. The number of amides is 1. The Bertz CT molecular complexity index is 1180. The molecule has 3 aromatic heterocycles. The molecule has 0 saturated heterocycles. The fraction of sp³-hybridized carbons (Fsp3) is 0.208. The van der Waals surface area contributed by atoms with Crippen LogP contribution in [0, 0.1) is 0 Å². The minimum atomic E-state index is -0.194. The molecule has 4 rings (SSSR count). The Morgan fingerprint density at radius 3 is 2.56 bits per heavy atom. The summed E-state index contributed by atoms with van der Waals surface area (Å²) in [6.45, 7) is 3.22. The first-order valence-corrected chi connectivity index (χ1v) is 10.1. The molecule has 0 bridgehead atoms. The van der Waals surface area contributed by atoms with Crippen LogP contribution in [0.15, 0.2) is 67.0 Å². The van der Waals surface area contributed by atoms with Gasteiger partial charge in [0.2, 0.25) is 0 Å². The quantitative estimate of drug-likeness (QED) is 0.431. The standard InChI is InChI=1S/C24H24N4O3.ClH/c1-3-25-24(29)19-12-11-18(14-26-19)22-20(16-30-2)27-23-21(10-7-13-28(22)23)31-15-17-8-5-4-6-9-17;/h4-14H,3,15-16H2,1-2H3,(H,25,29);1H. The normalized spacial score (nSPS) is 10.6. The number of aromatic nitrogens is 3. The Morgan fingerprint density at radius 2 is 1.88 bits per heavy atom. The van der Waals surface area contributed by atoms with Gasteiger partial charge in [-0.3, -0.25) is 14.2 Å². The van der Waals surface area contributed by atoms with Crippen molar-refractivity contribution >= 4 is 24.0 Å². The number of benzene rings is 1. The monoisotopic (exact) mass is 452 g/mol. The van der Waals surface area contributed by atoms with Gasteiger partial charge in [-0.15, -0.1) is 12.4 Å². The highest BCUT2D eigenvalue weighted by molar-refractivity contribution is 5.92. The Kier molecular flexibility index (Phi) is 7.81. The van der Waals surface area contributed by atoms with E-state index in [2.05, 4.69) is 10.3 Å². The molecule has 1 N–H and O–H groups in total. The molecule has 1 amide bonds. The molecule has 0 aliphatic rings. The van der Waals surface area contributed by atoms with Crippen molar-refractivity contribution in [2.75, 3.05) is 13.7 Å². The fourth-order valence-corrected chi connectivity index (χ4v) is 3.40. The summed E-state index contributed by atoms with van der Waals surface area (Å²) in [5.41, 5.74) is 4.63. The van der Waals surface area contributed by atoms with Crippen LogP contribution in [0.1, 0.15) is 28.7 Å². The van der Waals surface area contributed by atoms with E-state index < -0.39 is 0 Å². The zero-order valence-electron chi connectivity index (χ0n) is 17.9. The summed E-state index contributed by atoms with van der Waals surface area (Å²) < 4.78 is 13.4. The number of fused-ring (bicyclic) bond motifs is 1. The van der Waals surface area contributed by atoms with Gasteiger partial charge in [0.15, 0.2) is 11.4 Å². The van der Waals surface area contributed by atoms with E-state index in [9.17, 15) is 4.79 Å². The molecule has 0 radical (unpaired) electrons. The summed E-state index contributed by atoms with van der Waals surface area (Å²) in [6.07, 6.45) is 3.62. The number of nitrogens with one attached hydrogen (secondary N) is 1. The fourth-order valence-electron chi connectivity index (χ4n) is 3.40. The lowest BCUT2D eigenvalue weighted by Gasteiger charge is -2.09. The number of carbonyl (C=O) groups excluding carboxylic acids is 1. The van der Waals surface area contributed by atoms with Crippen LogP contribution < -0.4 is 10.1 Å². The molecule has 166 valence electrons. The molecular formula is C24H25ClN4O3. The Balaban J connectivity index is 0.00000289. The summed E-state index contributed by atoms with van der Waals surface area (Å²) in [7, 11) is 1.64. The minimum Gasteiger partial charge on any atom is -0.485 e. The third-order valence-electron chi connectivity index (χ3n) is 4.81. The molecular weight excluding hydrogens is 428 g/mol. The summed E-state index contributed by atoms with van der Waals surface area (Å²) in [5, 5.41) is 2.76. The van der Waals surface area contributed by atoms with Gasteiger partial charge < -0.3 is 14.8 Å². The van der Waals surface area contributed by atoms with Gasteiger partial charge in [-0.1, -0.05) is 30.3 Å². The first-order valence-electron chi connectivity index (χ1n) is 10.1. The van der Waals surface area contributed by atoms with E-state index in [1.807, 2.05) is 66.1 Å². The molecule has 7 nitrogen and oxygen atoms in total. The van der Waals surface area contributed by atoms with E-state index in [1.54, 1.807) is 19.4 Å². The predicted molar refractivity (Wildman–Crippen MR) is 125 cm³/mol. The average Bonchev–Trinajstić information content (AvgIpc) is 3.17. The SMILES string of the molecule is CCNC(=O)c1ccc(-c2c(COC)nc3c(OCc4ccccc4)cccn23)cn1.Cl. The van der Waals surface area contributed by atoms with Crippen LogP contribution in [0.4, 0.5) is 0 Å². The number of imidazole rings is 1. The lowest BCUT2D eigenvalue weighted by atomic mass is 10.1. The van der Waals surface area contributed by atoms with Gasteiger partial charge in [-0.25, -0.2) is 4.98 Å². The molecule has 0 aliphatic carbocycles. The van der Waals surface area contributed by atoms with Gasteiger partial charge in [-0.2, -0.15) is 0 Å². The van der Waals surface area contributed by atoms with Gasteiger partial charge >= 0.3 is 0 Å². The highest BCUT2D eigenvalue weighted by Crippen LogP contribution is 2.30. The maximum Gasteiger partial charge on any atom is 0.269 e. The molecule has 0 atom stereocenters. The lowest BCUT2D eigenvalue weighted by Crippen LogP contribution is -2.23. The molecule has 32 heavy (non-hydrogen) atoms. The van der Waals surface area contributed by atoms with E-state index in [1.165, 1.54) is 0 Å². The van der Waals surface area contributed by atoms with Crippen molar-refractivity contribution in [1.29, 1.82) is 0 Å². The first-order chi connectivity index (χ1) is 15.2. The van der Waals surface area contributed by atoms with Crippen LogP contribution in [-0.2, 0) is 18.0 Å². The third-order valence-corrected chi connectivity index (χ3v) is 4.81. The van der Waals surface area contributed by atoms with Crippen LogP contribution in [0.2, 0.25) is 0 Å². The number of ether oxygens (including phenoxy) is 2. The van der Waals surface area contributed by atoms with Gasteiger partial charge in [0.25, 0.3) is 5.91 Å². The molecule has 0 aliphatic heterocycles. The zero-order chi connectivity index (χ0) is 21.6. The van der Waals surface area contributed by atoms with Crippen LogP contribution in [-0.4, -0.2) is 33.9 Å². The lowest BCUT2D eigenvalue weighted by molar-refractivity contribution is 0.0951. The largest absolute Gasteiger partial charge is 0.485 e. The molecule has 8 heteroatoms. The van der Waals surface area contributed by atoms with Crippen molar-refractivity contribution < 1.29 is 14.3 Å². The van der Waals surface area contributed by atoms with Gasteiger partial charge in [0.05, 0.1) is 18.0 Å². The Labute approximate surface area is 192 Å². The molecule has 0 spiro atoms. The number of methoxy groups -OCH3 is 1. The number of nitrogens with zero attached hydrogens (tertiary/aromatic N) is 3. The molecule has 0 saturated carbocycles. The predicted octanol–water partition coefficient (Wildman–Crippen LogP) is 4.29. The van der Waals surface area contributed by atoms with Crippen LogP contribution >= 0.6 is 12.4 Å². The van der Waals surface area contributed by atoms with Crippen molar-refractivity contribution in [1.82, 2.24) is 19.7 Å². The van der Waals surface area contributed by atoms with Crippen molar-refractivity contribution in [2.45, 2.75) is 20.1 Å². The number of halogens is 1. The van der Waals surface area contributed by atoms with Crippen molar-refractivity contribution in [3.8, 4) is 17.0 Å². The van der Waals surface area contributed by atoms with Gasteiger partial charge in [-0.05, 0) is 36.8 Å². The Hall–Kier alpha value is -3.42. The smallest absolute Gasteiger partial charge is 0.269 e. The minimum absolute atomic E-state index is 0. The second-order valence-electron chi connectivity index (χ2n) is 6.97. The maximum atomic E-state index is 12.0. The molecule has 4 aromatic rings. The van der Waals surface area contributed by atoms with Crippen LogP contribution in [0.25, 0.3) is 16.9 Å². The molecule has 3 heterocycles. The van der Waals surface area contributed by atoms with Crippen molar-refractivity contribution in [3.05, 3.63) is 83.9 Å². The third kappa shape index (κ3) is 4.90. The summed E-state index contributed by atoms with van der Waals surface area (Å²) in [5.74, 6) is 0.489. The first kappa shape index (κ1) is 23.2. The second-order valence-corrected chi connectivity index (χ2v) is 6.97. The summed E-state index contributed by atoms with van der Waals surface area (Å²) in [4.78, 5) is 21.1. The number of pyridine rings is 2. The molecule has 0 unspecified atom stereocenters. The number of hydrogen-bond donors (Lipinski definition) is 1. The number of carbonyl (C=O) groups is 1. The van der Waals surface area contributed by atoms with E-state index in [-0.39, 0.29) is 18.3 Å². The van der Waals surface area contributed by atoms with Crippen LogP contribution in [0.5, 0.6) is 5.75 Å². The van der Waals surface area contributed by atoms with E-state index in [0.29, 0.717) is 36.8 Å². The average molecular weight is 453 g/mol. The van der Waals surface area contributed by atoms with Gasteiger partial charge in [0.1, 0.15) is 12.3 Å². The van der Waals surface area contributed by atoms with E-state index >= 15 is 0 Å². The van der Waals surface area contributed by atoms with Gasteiger partial charge in [0, 0.05) is 31.6 Å². The number of rotatable bonds is 8. The number of hydrogen-bond acceptors (Lipinski definition) is 5. The zero-order valence-corrected chi connectivity index (χ0v) is 18.8. The topological polar surface area (TPSA) is 77.8 Å². The highest BCUT2D eigenvalue weighted by atomic mass is 35.5. The van der Waals surface area contributed by atoms with Crippen LogP contribution in [0.3, 0.4) is 0 Å². The highest BCUT2D eigenvalue weighted by Gasteiger charge is 2.18. The van der Waals surface area contributed by atoms with Crippen molar-refractivity contribution in [3.63, 3.8) is 0 Å². The Morgan fingerprint density at radius 1 is 1.06 bits per heavy atom.